The topological polar surface area (TPSA) is 85.9 Å². The highest BCUT2D eigenvalue weighted by atomic mass is 32.2. The zero-order valence-electron chi connectivity index (χ0n) is 9.14. The van der Waals surface area contributed by atoms with Crippen molar-refractivity contribution in [3.05, 3.63) is 10.0 Å². The smallest absolute Gasteiger partial charge is 0.150 e. The molecule has 0 spiro atoms. The van der Waals surface area contributed by atoms with Crippen LogP contribution in [0.2, 0.25) is 0 Å². The Hall–Kier alpha value is -0.530. The molecule has 90 valence electrons. The Morgan fingerprint density at radius 1 is 1.38 bits per heavy atom. The second kappa shape index (κ2) is 4.05. The third kappa shape index (κ3) is 2.26. The van der Waals surface area contributed by atoms with E-state index in [9.17, 15) is 8.42 Å². The van der Waals surface area contributed by atoms with Crippen LogP contribution in [0.1, 0.15) is 29.8 Å². The van der Waals surface area contributed by atoms with Crippen LogP contribution in [0.5, 0.6) is 0 Å². The second-order valence-electron chi connectivity index (χ2n) is 4.42. The number of rotatable bonds is 2. The molecule has 1 aliphatic rings. The van der Waals surface area contributed by atoms with E-state index in [-0.39, 0.29) is 16.9 Å². The Morgan fingerprint density at radius 2 is 2.00 bits per heavy atom. The van der Waals surface area contributed by atoms with Crippen LogP contribution in [-0.2, 0) is 21.8 Å². The zero-order chi connectivity index (χ0) is 11.8. The average molecular weight is 261 g/mol. The molecule has 1 saturated heterocycles. The van der Waals surface area contributed by atoms with Crippen LogP contribution in [0.15, 0.2) is 0 Å². The summed E-state index contributed by atoms with van der Waals surface area (Å²) in [6.45, 7) is 2.45. The fourth-order valence-electron chi connectivity index (χ4n) is 1.78. The summed E-state index contributed by atoms with van der Waals surface area (Å²) < 4.78 is 22.8. The molecule has 5 nitrogen and oxygen atoms in total. The van der Waals surface area contributed by atoms with Gasteiger partial charge in [0, 0.05) is 12.0 Å². The van der Waals surface area contributed by atoms with Gasteiger partial charge in [-0.1, -0.05) is 18.3 Å². The summed E-state index contributed by atoms with van der Waals surface area (Å²) in [6.07, 6.45) is 1.27. The summed E-state index contributed by atoms with van der Waals surface area (Å²) >= 11 is 1.50. The largest absolute Gasteiger partial charge is 0.324 e. The lowest BCUT2D eigenvalue weighted by Crippen LogP contribution is -2.34. The molecule has 16 heavy (non-hydrogen) atoms. The molecule has 1 aliphatic heterocycles. The molecule has 1 aromatic heterocycles. The minimum atomic E-state index is -2.83. The molecule has 0 amide bonds. The average Bonchev–Trinajstić information content (AvgIpc) is 2.72. The molecule has 0 unspecified atom stereocenters. The fraction of sp³-hybridized carbons (Fsp3) is 0.778. The molecule has 1 aromatic rings. The molecule has 0 saturated carbocycles. The van der Waals surface area contributed by atoms with Gasteiger partial charge in [0.25, 0.3) is 0 Å². The number of sulfone groups is 1. The standard InChI is InChI=1S/C9H15N3O2S2/c1-9(2-4-16(13,14)5-3-9)8-12-11-7(6-10)15-8/h2-6,10H2,1H3. The molecule has 0 aliphatic carbocycles. The highest BCUT2D eigenvalue weighted by molar-refractivity contribution is 7.91. The lowest BCUT2D eigenvalue weighted by atomic mass is 9.85. The summed E-state index contributed by atoms with van der Waals surface area (Å²) in [5.41, 5.74) is 5.35. The van der Waals surface area contributed by atoms with E-state index >= 15 is 0 Å². The summed E-state index contributed by atoms with van der Waals surface area (Å²) in [5.74, 6) is 0.502. The Balaban J connectivity index is 2.20. The normalized spacial score (nSPS) is 23.1. The highest BCUT2D eigenvalue weighted by Crippen LogP contribution is 2.37. The van der Waals surface area contributed by atoms with Gasteiger partial charge < -0.3 is 5.73 Å². The predicted octanol–water partition coefficient (Wildman–Crippen LogP) is 0.463. The lowest BCUT2D eigenvalue weighted by molar-refractivity contribution is 0.414. The van der Waals surface area contributed by atoms with E-state index in [1.807, 2.05) is 0 Å². The fourth-order valence-corrected chi connectivity index (χ4v) is 4.43. The van der Waals surface area contributed by atoms with Gasteiger partial charge in [-0.05, 0) is 12.8 Å². The van der Waals surface area contributed by atoms with Crippen molar-refractivity contribution in [2.24, 2.45) is 5.73 Å². The molecular formula is C9H15N3O2S2. The number of hydrogen-bond acceptors (Lipinski definition) is 6. The number of nitrogens with zero attached hydrogens (tertiary/aromatic N) is 2. The Morgan fingerprint density at radius 3 is 2.50 bits per heavy atom. The minimum Gasteiger partial charge on any atom is -0.324 e. The van der Waals surface area contributed by atoms with Crippen molar-refractivity contribution < 1.29 is 8.42 Å². The van der Waals surface area contributed by atoms with E-state index in [1.54, 1.807) is 0 Å². The first-order valence-corrected chi connectivity index (χ1v) is 7.82. The number of aromatic nitrogens is 2. The molecular weight excluding hydrogens is 246 g/mol. The van der Waals surface area contributed by atoms with E-state index < -0.39 is 9.84 Å². The molecule has 0 aromatic carbocycles. The third-order valence-corrected chi connectivity index (χ3v) is 5.99. The van der Waals surface area contributed by atoms with E-state index in [4.69, 9.17) is 5.73 Å². The molecule has 2 N–H and O–H groups in total. The lowest BCUT2D eigenvalue weighted by Gasteiger charge is -2.30. The van der Waals surface area contributed by atoms with Crippen molar-refractivity contribution in [3.8, 4) is 0 Å². The van der Waals surface area contributed by atoms with Crippen LogP contribution in [0, 0.1) is 0 Å². The second-order valence-corrected chi connectivity index (χ2v) is 7.78. The number of nitrogens with two attached hydrogens (primary N) is 1. The van der Waals surface area contributed by atoms with Gasteiger partial charge in [0.15, 0.2) is 0 Å². The SMILES string of the molecule is CC1(c2nnc(CN)s2)CCS(=O)(=O)CC1. The molecule has 1 fully saturated rings. The Labute approximate surface area is 99.0 Å². The summed E-state index contributed by atoms with van der Waals surface area (Å²) in [5, 5.41) is 9.84. The zero-order valence-corrected chi connectivity index (χ0v) is 10.8. The van der Waals surface area contributed by atoms with Crippen molar-refractivity contribution in [2.75, 3.05) is 11.5 Å². The maximum Gasteiger partial charge on any atom is 0.150 e. The summed E-state index contributed by atoms with van der Waals surface area (Å²) in [4.78, 5) is 0. The first-order chi connectivity index (χ1) is 7.45. The molecule has 0 bridgehead atoms. The Bertz CT molecular complexity index is 467. The first kappa shape index (κ1) is 11.9. The van der Waals surface area contributed by atoms with Crippen molar-refractivity contribution in [1.29, 1.82) is 0 Å². The van der Waals surface area contributed by atoms with Crippen LogP contribution >= 0.6 is 11.3 Å². The molecule has 7 heteroatoms. The molecule has 0 atom stereocenters. The van der Waals surface area contributed by atoms with E-state index in [2.05, 4.69) is 17.1 Å². The van der Waals surface area contributed by atoms with Crippen molar-refractivity contribution in [2.45, 2.75) is 31.7 Å². The van der Waals surface area contributed by atoms with E-state index in [1.165, 1.54) is 11.3 Å². The first-order valence-electron chi connectivity index (χ1n) is 5.19. The van der Waals surface area contributed by atoms with Gasteiger partial charge in [-0.2, -0.15) is 0 Å². The van der Waals surface area contributed by atoms with Gasteiger partial charge in [0.2, 0.25) is 0 Å². The van der Waals surface area contributed by atoms with Gasteiger partial charge in [-0.15, -0.1) is 10.2 Å². The van der Waals surface area contributed by atoms with Crippen LogP contribution in [0.3, 0.4) is 0 Å². The summed E-state index contributed by atoms with van der Waals surface area (Å²) in [7, 11) is -2.83. The van der Waals surface area contributed by atoms with Gasteiger partial charge in [0.05, 0.1) is 11.5 Å². The maximum atomic E-state index is 11.4. The van der Waals surface area contributed by atoms with Crippen LogP contribution < -0.4 is 5.73 Å². The molecule has 2 rings (SSSR count). The van der Waals surface area contributed by atoms with Crippen molar-refractivity contribution >= 4 is 21.2 Å². The van der Waals surface area contributed by atoms with E-state index in [0.717, 1.165) is 10.0 Å². The van der Waals surface area contributed by atoms with Crippen molar-refractivity contribution in [1.82, 2.24) is 10.2 Å². The van der Waals surface area contributed by atoms with Crippen LogP contribution in [-0.4, -0.2) is 30.1 Å². The van der Waals surface area contributed by atoms with Gasteiger partial charge >= 0.3 is 0 Å². The quantitative estimate of drug-likeness (QED) is 0.836. The molecule has 0 radical (unpaired) electrons. The monoisotopic (exact) mass is 261 g/mol. The third-order valence-electron chi connectivity index (χ3n) is 3.09. The van der Waals surface area contributed by atoms with Gasteiger partial charge in [-0.3, -0.25) is 0 Å². The predicted molar refractivity (Wildman–Crippen MR) is 63.0 cm³/mol. The maximum absolute atomic E-state index is 11.4. The van der Waals surface area contributed by atoms with E-state index in [0.29, 0.717) is 19.4 Å². The van der Waals surface area contributed by atoms with Gasteiger partial charge in [-0.25, -0.2) is 8.42 Å². The molecule has 2 heterocycles. The Kier molecular flexibility index (Phi) is 3.02. The van der Waals surface area contributed by atoms with Crippen LogP contribution in [0.4, 0.5) is 0 Å². The van der Waals surface area contributed by atoms with Gasteiger partial charge in [0.1, 0.15) is 19.9 Å². The minimum absolute atomic E-state index is 0.142. The summed E-state index contributed by atoms with van der Waals surface area (Å²) in [6, 6.07) is 0. The van der Waals surface area contributed by atoms with Crippen molar-refractivity contribution in [3.63, 3.8) is 0 Å². The number of hydrogen-bond donors (Lipinski definition) is 1. The van der Waals surface area contributed by atoms with Crippen LogP contribution in [0.25, 0.3) is 0 Å². The highest BCUT2D eigenvalue weighted by Gasteiger charge is 2.37.